The monoisotopic (exact) mass is 466 g/mol. The Kier molecular flexibility index (Phi) is 8.40. The molecule has 2 aromatic rings. The van der Waals surface area contributed by atoms with Gasteiger partial charge in [-0.2, -0.15) is 0 Å². The molecule has 0 unspecified atom stereocenters. The summed E-state index contributed by atoms with van der Waals surface area (Å²) in [5.41, 5.74) is 2.09. The van der Waals surface area contributed by atoms with Crippen LogP contribution >= 0.6 is 0 Å². The summed E-state index contributed by atoms with van der Waals surface area (Å²) in [6, 6.07) is 11.8. The third-order valence-corrected chi connectivity index (χ3v) is 7.14. The maximum atomic E-state index is 13.1. The number of rotatable bonds is 9. The largest absolute Gasteiger partial charge is 0.508 e. The molecule has 0 bridgehead atoms. The molecule has 0 radical (unpaired) electrons. The Morgan fingerprint density at radius 1 is 1.21 bits per heavy atom. The topological polar surface area (TPSA) is 77.9 Å². The molecular weight excluding hydrogens is 428 g/mol. The van der Waals surface area contributed by atoms with Crippen molar-refractivity contribution < 1.29 is 14.6 Å². The summed E-state index contributed by atoms with van der Waals surface area (Å²) in [4.78, 5) is 22.2. The van der Waals surface area contributed by atoms with Gasteiger partial charge in [-0.15, -0.1) is 0 Å². The van der Waals surface area contributed by atoms with Crippen LogP contribution in [0.3, 0.4) is 0 Å². The average Bonchev–Trinajstić information content (AvgIpc) is 3.24. The summed E-state index contributed by atoms with van der Waals surface area (Å²) in [7, 11) is 2.18. The van der Waals surface area contributed by atoms with Gasteiger partial charge < -0.3 is 20.1 Å². The molecule has 0 spiro atoms. The zero-order valence-electron chi connectivity index (χ0n) is 20.4. The van der Waals surface area contributed by atoms with Gasteiger partial charge in [0.15, 0.2) is 0 Å². The molecule has 2 fully saturated rings. The number of carbonyl (C=O) groups is 1. The van der Waals surface area contributed by atoms with Crippen LogP contribution in [0.15, 0.2) is 42.6 Å². The van der Waals surface area contributed by atoms with Crippen LogP contribution < -0.4 is 10.1 Å². The summed E-state index contributed by atoms with van der Waals surface area (Å²) >= 11 is 0. The lowest BCUT2D eigenvalue weighted by molar-refractivity contribution is -0.127. The van der Waals surface area contributed by atoms with E-state index >= 15 is 0 Å². The molecule has 2 N–H and O–H groups in total. The van der Waals surface area contributed by atoms with Crippen molar-refractivity contribution in [2.45, 2.75) is 45.2 Å². The lowest BCUT2D eigenvalue weighted by Gasteiger charge is -2.37. The van der Waals surface area contributed by atoms with E-state index in [1.54, 1.807) is 18.3 Å². The van der Waals surface area contributed by atoms with Crippen LogP contribution in [0.5, 0.6) is 11.5 Å². The standard InChI is InChI=1S/C27H38N4O3/c1-20-5-10-26(15-29-20)34-19-22-14-23(27(33)28-12-11-24-4-3-13-30(24)2)18-31(17-22)16-21-6-8-25(32)9-7-21/h5-10,15,22-24,32H,3-4,11-14,16-19H2,1-2H3,(H,28,33)/t22-,23+,24-/m0/s1. The van der Waals surface area contributed by atoms with E-state index in [0.29, 0.717) is 12.6 Å². The predicted octanol–water partition coefficient (Wildman–Crippen LogP) is 3.21. The van der Waals surface area contributed by atoms with Gasteiger partial charge in [0.1, 0.15) is 11.5 Å². The molecule has 3 atom stereocenters. The van der Waals surface area contributed by atoms with Crippen molar-refractivity contribution >= 4 is 5.91 Å². The normalized spacial score (nSPS) is 23.6. The maximum Gasteiger partial charge on any atom is 0.224 e. The number of phenolic OH excluding ortho intramolecular Hbond substituents is 1. The summed E-state index contributed by atoms with van der Waals surface area (Å²) in [6.07, 6.45) is 6.07. The molecule has 0 aliphatic carbocycles. The maximum absolute atomic E-state index is 13.1. The van der Waals surface area contributed by atoms with Crippen molar-refractivity contribution in [2.75, 3.05) is 39.8 Å². The summed E-state index contributed by atoms with van der Waals surface area (Å²) < 4.78 is 6.04. The van der Waals surface area contributed by atoms with E-state index in [1.165, 1.54) is 12.8 Å². The van der Waals surface area contributed by atoms with Gasteiger partial charge in [-0.25, -0.2) is 0 Å². The first-order chi connectivity index (χ1) is 16.5. The van der Waals surface area contributed by atoms with Crippen LogP contribution in [-0.4, -0.2) is 71.7 Å². The number of nitrogens with one attached hydrogen (secondary N) is 1. The van der Waals surface area contributed by atoms with Crippen LogP contribution in [0, 0.1) is 18.8 Å². The molecule has 3 heterocycles. The summed E-state index contributed by atoms with van der Waals surface area (Å²) in [6.45, 7) is 6.77. The molecule has 0 saturated carbocycles. The second kappa shape index (κ2) is 11.7. The third kappa shape index (κ3) is 6.93. The molecule has 1 aromatic heterocycles. The molecule has 34 heavy (non-hydrogen) atoms. The predicted molar refractivity (Wildman–Crippen MR) is 133 cm³/mol. The van der Waals surface area contributed by atoms with Crippen LogP contribution in [0.4, 0.5) is 0 Å². The number of nitrogens with zero attached hydrogens (tertiary/aromatic N) is 3. The van der Waals surface area contributed by atoms with Gasteiger partial charge >= 0.3 is 0 Å². The first-order valence-electron chi connectivity index (χ1n) is 12.5. The number of likely N-dealkylation sites (tertiary alicyclic amines) is 2. The number of ether oxygens (including phenoxy) is 1. The van der Waals surface area contributed by atoms with Crippen molar-refractivity contribution in [3.63, 3.8) is 0 Å². The molecule has 7 nitrogen and oxygen atoms in total. The molecule has 184 valence electrons. The first-order valence-corrected chi connectivity index (χ1v) is 12.5. The molecule has 2 aliphatic rings. The zero-order chi connectivity index (χ0) is 23.9. The highest BCUT2D eigenvalue weighted by molar-refractivity contribution is 5.79. The lowest BCUT2D eigenvalue weighted by Crippen LogP contribution is -2.47. The number of hydrogen-bond acceptors (Lipinski definition) is 6. The number of carbonyl (C=O) groups excluding carboxylic acids is 1. The van der Waals surface area contributed by atoms with Crippen LogP contribution in [0.2, 0.25) is 0 Å². The average molecular weight is 467 g/mol. The number of piperidine rings is 1. The van der Waals surface area contributed by atoms with E-state index in [2.05, 4.69) is 27.1 Å². The molecule has 2 saturated heterocycles. The van der Waals surface area contributed by atoms with Gasteiger partial charge in [0.25, 0.3) is 0 Å². The first kappa shape index (κ1) is 24.5. The van der Waals surface area contributed by atoms with E-state index < -0.39 is 0 Å². The Hall–Kier alpha value is -2.64. The zero-order valence-corrected chi connectivity index (χ0v) is 20.4. The second-order valence-corrected chi connectivity index (χ2v) is 9.96. The fraction of sp³-hybridized carbons (Fsp3) is 0.556. The van der Waals surface area contributed by atoms with Gasteiger partial charge in [0.05, 0.1) is 18.7 Å². The Morgan fingerprint density at radius 3 is 2.74 bits per heavy atom. The Labute approximate surface area is 203 Å². The number of aryl methyl sites for hydroxylation is 1. The lowest BCUT2D eigenvalue weighted by atomic mass is 9.88. The molecule has 1 aromatic carbocycles. The molecule has 7 heteroatoms. The minimum absolute atomic E-state index is 0.0584. The summed E-state index contributed by atoms with van der Waals surface area (Å²) in [5, 5.41) is 12.8. The minimum Gasteiger partial charge on any atom is -0.508 e. The van der Waals surface area contributed by atoms with E-state index in [4.69, 9.17) is 4.74 Å². The highest BCUT2D eigenvalue weighted by atomic mass is 16.5. The van der Waals surface area contributed by atoms with E-state index in [0.717, 1.165) is 62.6 Å². The van der Waals surface area contributed by atoms with E-state index in [1.807, 2.05) is 31.2 Å². The van der Waals surface area contributed by atoms with Gasteiger partial charge in [0, 0.05) is 43.8 Å². The van der Waals surface area contributed by atoms with Crippen molar-refractivity contribution in [1.29, 1.82) is 0 Å². The van der Waals surface area contributed by atoms with Crippen LogP contribution in [0.25, 0.3) is 0 Å². The van der Waals surface area contributed by atoms with Crippen molar-refractivity contribution in [3.05, 3.63) is 53.9 Å². The van der Waals surface area contributed by atoms with E-state index in [-0.39, 0.29) is 23.5 Å². The number of benzene rings is 1. The van der Waals surface area contributed by atoms with Crippen molar-refractivity contribution in [3.8, 4) is 11.5 Å². The number of phenols is 1. The van der Waals surface area contributed by atoms with Crippen molar-refractivity contribution in [1.82, 2.24) is 20.1 Å². The van der Waals surface area contributed by atoms with Crippen LogP contribution in [-0.2, 0) is 11.3 Å². The number of aromatic nitrogens is 1. The highest BCUT2D eigenvalue weighted by Gasteiger charge is 2.32. The van der Waals surface area contributed by atoms with Crippen LogP contribution in [0.1, 0.15) is 36.9 Å². The second-order valence-electron chi connectivity index (χ2n) is 9.96. The molecule has 1 amide bonds. The smallest absolute Gasteiger partial charge is 0.224 e. The highest BCUT2D eigenvalue weighted by Crippen LogP contribution is 2.26. The molecular formula is C27H38N4O3. The SMILES string of the molecule is Cc1ccc(OC[C@H]2C[C@@H](C(=O)NCC[C@@H]3CCCN3C)CN(Cc3ccc(O)cc3)C2)cn1. The Balaban J connectivity index is 1.35. The number of pyridine rings is 1. The molecule has 4 rings (SSSR count). The Morgan fingerprint density at radius 2 is 2.03 bits per heavy atom. The Bertz CT molecular complexity index is 918. The third-order valence-electron chi connectivity index (χ3n) is 7.14. The van der Waals surface area contributed by atoms with Gasteiger partial charge in [0.2, 0.25) is 5.91 Å². The van der Waals surface area contributed by atoms with Gasteiger partial charge in [-0.3, -0.25) is 14.7 Å². The van der Waals surface area contributed by atoms with E-state index in [9.17, 15) is 9.90 Å². The van der Waals surface area contributed by atoms with Gasteiger partial charge in [-0.05, 0) is 76.0 Å². The van der Waals surface area contributed by atoms with Crippen molar-refractivity contribution in [2.24, 2.45) is 11.8 Å². The minimum atomic E-state index is -0.0584. The fourth-order valence-corrected chi connectivity index (χ4v) is 5.21. The number of aromatic hydroxyl groups is 1. The number of amides is 1. The summed E-state index contributed by atoms with van der Waals surface area (Å²) in [5.74, 6) is 1.38. The number of hydrogen-bond donors (Lipinski definition) is 2. The quantitative estimate of drug-likeness (QED) is 0.591. The molecule has 2 aliphatic heterocycles. The fourth-order valence-electron chi connectivity index (χ4n) is 5.21. The van der Waals surface area contributed by atoms with Gasteiger partial charge in [-0.1, -0.05) is 12.1 Å².